The minimum Gasteiger partial charge on any atom is -0.394 e. The van der Waals surface area contributed by atoms with E-state index in [1.54, 1.807) is 7.11 Å². The van der Waals surface area contributed by atoms with Gasteiger partial charge in [0, 0.05) is 20.1 Å². The number of nitrogens with two attached hydrogens (primary N) is 1. The number of anilines is 2. The first kappa shape index (κ1) is 13.6. The van der Waals surface area contributed by atoms with Gasteiger partial charge in [0.05, 0.1) is 12.6 Å². The minimum absolute atomic E-state index is 0.0175. The molecular weight excluding hydrogens is 222 g/mol. The van der Waals surface area contributed by atoms with Crippen molar-refractivity contribution in [3.05, 3.63) is 5.82 Å². The number of hydrogen-bond donors (Lipinski definition) is 3. The van der Waals surface area contributed by atoms with Crippen LogP contribution in [0.2, 0.25) is 0 Å². The van der Waals surface area contributed by atoms with Crippen LogP contribution in [0.15, 0.2) is 0 Å². The zero-order chi connectivity index (χ0) is 12.7. The maximum absolute atomic E-state index is 9.19. The van der Waals surface area contributed by atoms with Gasteiger partial charge < -0.3 is 20.9 Å². The predicted molar refractivity (Wildman–Crippen MR) is 64.6 cm³/mol. The fourth-order valence-corrected chi connectivity index (χ4v) is 1.31. The standard InChI is InChI=1S/C10H19N5O2/c1-3-8-13-9(11)15-10(14-8)12-7(6-16)4-5-17-2/h7,16H,3-6H2,1-2H3,(H3,11,12,13,14,15). The van der Waals surface area contributed by atoms with Crippen molar-refractivity contribution >= 4 is 11.9 Å². The van der Waals surface area contributed by atoms with Crippen molar-refractivity contribution in [3.63, 3.8) is 0 Å². The number of aryl methyl sites for hydroxylation is 1. The number of nitrogens with zero attached hydrogens (tertiary/aromatic N) is 3. The number of hydrogen-bond acceptors (Lipinski definition) is 7. The molecule has 96 valence electrons. The Morgan fingerprint density at radius 2 is 2.18 bits per heavy atom. The van der Waals surface area contributed by atoms with E-state index in [2.05, 4.69) is 20.3 Å². The summed E-state index contributed by atoms with van der Waals surface area (Å²) in [5.74, 6) is 1.20. The molecule has 0 aromatic carbocycles. The Kier molecular flexibility index (Phi) is 5.58. The summed E-state index contributed by atoms with van der Waals surface area (Å²) in [6.07, 6.45) is 1.35. The van der Waals surface area contributed by atoms with Crippen molar-refractivity contribution in [2.75, 3.05) is 31.4 Å². The van der Waals surface area contributed by atoms with Crippen molar-refractivity contribution in [2.45, 2.75) is 25.8 Å². The molecule has 17 heavy (non-hydrogen) atoms. The second-order valence-corrected chi connectivity index (χ2v) is 3.59. The number of ether oxygens (including phenoxy) is 1. The van der Waals surface area contributed by atoms with Gasteiger partial charge >= 0.3 is 0 Å². The average molecular weight is 241 g/mol. The first-order valence-electron chi connectivity index (χ1n) is 5.56. The van der Waals surface area contributed by atoms with Gasteiger partial charge in [-0.3, -0.25) is 0 Å². The topological polar surface area (TPSA) is 106 Å². The van der Waals surface area contributed by atoms with Crippen LogP contribution in [0, 0.1) is 0 Å². The lowest BCUT2D eigenvalue weighted by Gasteiger charge is -2.15. The zero-order valence-corrected chi connectivity index (χ0v) is 10.2. The summed E-state index contributed by atoms with van der Waals surface area (Å²) < 4.78 is 4.95. The number of rotatable bonds is 7. The number of methoxy groups -OCH3 is 1. The first-order valence-corrected chi connectivity index (χ1v) is 5.56. The number of aliphatic hydroxyl groups excluding tert-OH is 1. The summed E-state index contributed by atoms with van der Waals surface area (Å²) in [4.78, 5) is 12.1. The lowest BCUT2D eigenvalue weighted by Crippen LogP contribution is -2.27. The highest BCUT2D eigenvalue weighted by Crippen LogP contribution is 2.06. The van der Waals surface area contributed by atoms with Crippen LogP contribution in [0.5, 0.6) is 0 Å². The molecule has 0 saturated carbocycles. The molecule has 1 aromatic heterocycles. The molecule has 7 nitrogen and oxygen atoms in total. The van der Waals surface area contributed by atoms with Crippen LogP contribution in [0.4, 0.5) is 11.9 Å². The summed E-state index contributed by atoms with van der Waals surface area (Å²) in [5.41, 5.74) is 5.56. The van der Waals surface area contributed by atoms with Crippen LogP contribution in [0.1, 0.15) is 19.2 Å². The number of nitrogen functional groups attached to an aromatic ring is 1. The smallest absolute Gasteiger partial charge is 0.228 e. The summed E-state index contributed by atoms with van der Waals surface area (Å²) in [6, 6.07) is -0.151. The van der Waals surface area contributed by atoms with Crippen molar-refractivity contribution < 1.29 is 9.84 Å². The van der Waals surface area contributed by atoms with Crippen LogP contribution in [0.3, 0.4) is 0 Å². The van der Waals surface area contributed by atoms with E-state index < -0.39 is 0 Å². The van der Waals surface area contributed by atoms with Crippen LogP contribution in [0.25, 0.3) is 0 Å². The monoisotopic (exact) mass is 241 g/mol. The molecule has 4 N–H and O–H groups in total. The van der Waals surface area contributed by atoms with Gasteiger partial charge in [0.2, 0.25) is 11.9 Å². The lowest BCUT2D eigenvalue weighted by atomic mass is 10.2. The third kappa shape index (κ3) is 4.49. The van der Waals surface area contributed by atoms with Gasteiger partial charge in [-0.1, -0.05) is 6.92 Å². The Labute approximate surface area is 100 Å². The van der Waals surface area contributed by atoms with E-state index in [9.17, 15) is 5.11 Å². The Hall–Kier alpha value is -1.47. The van der Waals surface area contributed by atoms with Crippen molar-refractivity contribution in [2.24, 2.45) is 0 Å². The molecule has 0 radical (unpaired) electrons. The number of aromatic nitrogens is 3. The van der Waals surface area contributed by atoms with Gasteiger partial charge in [0.15, 0.2) is 0 Å². The molecule has 1 rings (SSSR count). The van der Waals surface area contributed by atoms with E-state index in [1.807, 2.05) is 6.92 Å². The van der Waals surface area contributed by atoms with E-state index in [4.69, 9.17) is 10.5 Å². The highest BCUT2D eigenvalue weighted by Gasteiger charge is 2.10. The van der Waals surface area contributed by atoms with Crippen LogP contribution in [-0.2, 0) is 11.2 Å². The Bertz CT molecular complexity index is 347. The Balaban J connectivity index is 2.68. The SMILES string of the molecule is CCc1nc(N)nc(NC(CO)CCOC)n1. The molecule has 0 bridgehead atoms. The van der Waals surface area contributed by atoms with Gasteiger partial charge in [0.1, 0.15) is 5.82 Å². The number of nitrogens with one attached hydrogen (secondary N) is 1. The number of aliphatic hydroxyl groups is 1. The maximum atomic E-state index is 9.19. The quantitative estimate of drug-likeness (QED) is 0.608. The van der Waals surface area contributed by atoms with E-state index in [0.717, 1.165) is 0 Å². The van der Waals surface area contributed by atoms with Crippen LogP contribution in [-0.4, -0.2) is 46.4 Å². The van der Waals surface area contributed by atoms with Crippen molar-refractivity contribution in [3.8, 4) is 0 Å². The molecule has 0 saturated heterocycles. The lowest BCUT2D eigenvalue weighted by molar-refractivity contribution is 0.174. The zero-order valence-electron chi connectivity index (χ0n) is 10.2. The molecule has 0 amide bonds. The second kappa shape index (κ2) is 6.97. The third-order valence-electron chi connectivity index (χ3n) is 2.24. The Morgan fingerprint density at radius 1 is 1.41 bits per heavy atom. The van der Waals surface area contributed by atoms with Gasteiger partial charge in [-0.05, 0) is 6.42 Å². The van der Waals surface area contributed by atoms with Gasteiger partial charge in [0.25, 0.3) is 0 Å². The van der Waals surface area contributed by atoms with Crippen molar-refractivity contribution in [1.82, 2.24) is 15.0 Å². The molecule has 0 aliphatic carbocycles. The summed E-state index contributed by atoms with van der Waals surface area (Å²) in [6.45, 7) is 2.48. The molecule has 0 fully saturated rings. The molecular formula is C10H19N5O2. The van der Waals surface area contributed by atoms with Gasteiger partial charge in [-0.15, -0.1) is 0 Å². The summed E-state index contributed by atoms with van der Waals surface area (Å²) in [7, 11) is 1.62. The van der Waals surface area contributed by atoms with Crippen LogP contribution < -0.4 is 11.1 Å². The van der Waals surface area contributed by atoms with Crippen molar-refractivity contribution in [1.29, 1.82) is 0 Å². The molecule has 0 aliphatic rings. The molecule has 0 spiro atoms. The molecule has 1 heterocycles. The summed E-state index contributed by atoms with van der Waals surface area (Å²) >= 11 is 0. The highest BCUT2D eigenvalue weighted by molar-refractivity contribution is 5.32. The highest BCUT2D eigenvalue weighted by atomic mass is 16.5. The maximum Gasteiger partial charge on any atom is 0.228 e. The predicted octanol–water partition coefficient (Wildman–Crippen LogP) is -0.175. The third-order valence-corrected chi connectivity index (χ3v) is 2.24. The molecule has 1 atom stereocenters. The molecule has 0 aliphatic heterocycles. The first-order chi connectivity index (χ1) is 8.19. The van der Waals surface area contributed by atoms with Gasteiger partial charge in [-0.2, -0.15) is 15.0 Å². The normalized spacial score (nSPS) is 12.4. The fourth-order valence-electron chi connectivity index (χ4n) is 1.31. The second-order valence-electron chi connectivity index (χ2n) is 3.59. The molecule has 1 aromatic rings. The molecule has 1 unspecified atom stereocenters. The van der Waals surface area contributed by atoms with E-state index in [0.29, 0.717) is 31.2 Å². The van der Waals surface area contributed by atoms with Crippen LogP contribution >= 0.6 is 0 Å². The minimum atomic E-state index is -0.151. The van der Waals surface area contributed by atoms with E-state index >= 15 is 0 Å². The molecule has 7 heteroatoms. The Morgan fingerprint density at radius 3 is 2.76 bits per heavy atom. The van der Waals surface area contributed by atoms with E-state index in [1.165, 1.54) is 0 Å². The average Bonchev–Trinajstić information content (AvgIpc) is 2.33. The van der Waals surface area contributed by atoms with Gasteiger partial charge in [-0.25, -0.2) is 0 Å². The summed E-state index contributed by atoms with van der Waals surface area (Å²) in [5, 5.41) is 12.2. The van der Waals surface area contributed by atoms with E-state index in [-0.39, 0.29) is 18.6 Å². The fraction of sp³-hybridized carbons (Fsp3) is 0.700. The largest absolute Gasteiger partial charge is 0.394 e.